The van der Waals surface area contributed by atoms with Crippen molar-refractivity contribution in [2.24, 2.45) is 4.40 Å². The summed E-state index contributed by atoms with van der Waals surface area (Å²) in [5.41, 5.74) is 1.51. The molecule has 1 heterocycles. The lowest BCUT2D eigenvalue weighted by Crippen LogP contribution is -2.00. The van der Waals surface area contributed by atoms with Crippen molar-refractivity contribution in [1.29, 1.82) is 0 Å². The highest BCUT2D eigenvalue weighted by molar-refractivity contribution is 7.90. The summed E-state index contributed by atoms with van der Waals surface area (Å²) in [4.78, 5) is 0.198. The van der Waals surface area contributed by atoms with Gasteiger partial charge in [0.1, 0.15) is 5.82 Å². The summed E-state index contributed by atoms with van der Waals surface area (Å²) in [6.07, 6.45) is 0. The third-order valence-corrected chi connectivity index (χ3v) is 4.08. The predicted octanol–water partition coefficient (Wildman–Crippen LogP) is 2.37. The Kier molecular flexibility index (Phi) is 2.31. The average Bonchev–Trinajstić information content (AvgIpc) is 2.63. The molecule has 0 aliphatic carbocycles. The van der Waals surface area contributed by atoms with E-state index in [0.717, 1.165) is 0 Å². The third kappa shape index (κ3) is 1.64. The lowest BCUT2D eigenvalue weighted by Gasteiger charge is -2.01. The minimum atomic E-state index is -3.62. The fraction of sp³-hybridized carbons (Fsp3) is 0. The van der Waals surface area contributed by atoms with Gasteiger partial charge in [0.05, 0.1) is 10.6 Å². The molecule has 0 amide bonds. The molecule has 0 radical (unpaired) electrons. The molecule has 0 spiro atoms. The first-order valence-corrected chi connectivity index (χ1v) is 6.72. The van der Waals surface area contributed by atoms with Gasteiger partial charge >= 0.3 is 0 Å². The van der Waals surface area contributed by atoms with Gasteiger partial charge in [0.15, 0.2) is 0 Å². The Morgan fingerprint density at radius 1 is 0.944 bits per heavy atom. The van der Waals surface area contributed by atoms with Crippen molar-refractivity contribution in [3.8, 4) is 0 Å². The Morgan fingerprint density at radius 2 is 1.61 bits per heavy atom. The Hall–Kier alpha value is -2.01. The number of hydrogen-bond acceptors (Lipinski definition) is 2. The molecular weight excluding hydrogens is 253 g/mol. The van der Waals surface area contributed by atoms with Crippen LogP contribution in [0, 0.1) is 5.82 Å². The summed E-state index contributed by atoms with van der Waals surface area (Å²) >= 11 is 0. The van der Waals surface area contributed by atoms with E-state index in [2.05, 4.69) is 4.40 Å². The highest BCUT2D eigenvalue weighted by Gasteiger charge is 2.28. The van der Waals surface area contributed by atoms with Gasteiger partial charge in [-0.25, -0.2) is 4.39 Å². The second kappa shape index (κ2) is 3.74. The van der Waals surface area contributed by atoms with Crippen LogP contribution < -0.4 is 0 Å². The van der Waals surface area contributed by atoms with Crippen molar-refractivity contribution in [2.45, 2.75) is 4.90 Å². The first-order chi connectivity index (χ1) is 8.58. The van der Waals surface area contributed by atoms with E-state index in [0.29, 0.717) is 16.8 Å². The van der Waals surface area contributed by atoms with Crippen LogP contribution in [0.5, 0.6) is 0 Å². The van der Waals surface area contributed by atoms with Crippen LogP contribution in [0.1, 0.15) is 11.1 Å². The molecule has 0 N–H and O–H groups in total. The predicted molar refractivity (Wildman–Crippen MR) is 65.7 cm³/mol. The van der Waals surface area contributed by atoms with Crippen molar-refractivity contribution in [3.05, 3.63) is 65.5 Å². The number of fused-ring (bicyclic) bond motifs is 1. The molecule has 0 saturated carbocycles. The summed E-state index contributed by atoms with van der Waals surface area (Å²) in [5.74, 6) is -0.367. The number of nitrogens with zero attached hydrogens (tertiary/aromatic N) is 1. The summed E-state index contributed by atoms with van der Waals surface area (Å²) < 4.78 is 40.3. The normalized spacial score (nSPS) is 16.2. The smallest absolute Gasteiger partial charge is 0.207 e. The van der Waals surface area contributed by atoms with Crippen LogP contribution in [0.25, 0.3) is 0 Å². The minimum absolute atomic E-state index is 0.198. The van der Waals surface area contributed by atoms with Crippen LogP contribution in [0.2, 0.25) is 0 Å². The highest BCUT2D eigenvalue weighted by atomic mass is 32.2. The molecule has 0 atom stereocenters. The zero-order valence-corrected chi connectivity index (χ0v) is 9.99. The second-order valence-corrected chi connectivity index (χ2v) is 5.49. The van der Waals surface area contributed by atoms with Crippen LogP contribution in [0.15, 0.2) is 57.8 Å². The molecule has 0 fully saturated rings. The topological polar surface area (TPSA) is 46.5 Å². The molecule has 0 saturated heterocycles. The molecule has 18 heavy (non-hydrogen) atoms. The number of hydrogen-bond donors (Lipinski definition) is 0. The van der Waals surface area contributed by atoms with E-state index < -0.39 is 10.0 Å². The van der Waals surface area contributed by atoms with Crippen molar-refractivity contribution in [1.82, 2.24) is 0 Å². The first-order valence-electron chi connectivity index (χ1n) is 5.28. The van der Waals surface area contributed by atoms with Crippen LogP contribution >= 0.6 is 0 Å². The number of halogens is 1. The Morgan fingerprint density at radius 3 is 2.33 bits per heavy atom. The lowest BCUT2D eigenvalue weighted by molar-refractivity contribution is 0.599. The van der Waals surface area contributed by atoms with Crippen molar-refractivity contribution in [3.63, 3.8) is 0 Å². The quantitative estimate of drug-likeness (QED) is 0.791. The van der Waals surface area contributed by atoms with Gasteiger partial charge < -0.3 is 0 Å². The van der Waals surface area contributed by atoms with E-state index in [1.54, 1.807) is 18.2 Å². The molecule has 1 aliphatic rings. The Labute approximate surface area is 104 Å². The summed E-state index contributed by atoms with van der Waals surface area (Å²) in [5, 5.41) is 0. The monoisotopic (exact) mass is 261 g/mol. The standard InChI is InChI=1S/C13H8FNO2S/c14-10-7-5-9(6-8-10)13-11-3-1-2-4-12(11)18(16,17)15-13/h1-8H. The largest absolute Gasteiger partial charge is 0.283 e. The molecule has 3 nitrogen and oxygen atoms in total. The summed E-state index contributed by atoms with van der Waals surface area (Å²) in [6.45, 7) is 0. The number of benzene rings is 2. The summed E-state index contributed by atoms with van der Waals surface area (Å²) in [6, 6.07) is 12.2. The van der Waals surface area contributed by atoms with Gasteiger partial charge in [-0.3, -0.25) is 0 Å². The van der Waals surface area contributed by atoms with Crippen molar-refractivity contribution < 1.29 is 12.8 Å². The van der Waals surface area contributed by atoms with Gasteiger partial charge in [0, 0.05) is 11.1 Å². The van der Waals surface area contributed by atoms with E-state index in [1.807, 2.05) is 0 Å². The van der Waals surface area contributed by atoms with E-state index >= 15 is 0 Å². The maximum atomic E-state index is 12.9. The molecule has 0 bridgehead atoms. The minimum Gasteiger partial charge on any atom is -0.207 e. The van der Waals surface area contributed by atoms with Crippen LogP contribution in [-0.4, -0.2) is 14.1 Å². The fourth-order valence-corrected chi connectivity index (χ4v) is 3.16. The maximum absolute atomic E-state index is 12.9. The van der Waals surface area contributed by atoms with Gasteiger partial charge in [0.2, 0.25) is 0 Å². The summed E-state index contributed by atoms with van der Waals surface area (Å²) in [7, 11) is -3.62. The molecule has 2 aromatic carbocycles. The van der Waals surface area contributed by atoms with Crippen LogP contribution in [0.3, 0.4) is 0 Å². The molecule has 0 aromatic heterocycles. The lowest BCUT2D eigenvalue weighted by atomic mass is 10.0. The first kappa shape index (κ1) is 11.1. The molecule has 90 valence electrons. The molecule has 2 aromatic rings. The zero-order valence-electron chi connectivity index (χ0n) is 9.17. The SMILES string of the molecule is O=S1(=O)N=C(c2ccc(F)cc2)c2ccccc21. The van der Waals surface area contributed by atoms with Crippen LogP contribution in [0.4, 0.5) is 4.39 Å². The van der Waals surface area contributed by atoms with Gasteiger partial charge in [-0.2, -0.15) is 12.8 Å². The third-order valence-electron chi connectivity index (χ3n) is 2.75. The van der Waals surface area contributed by atoms with Crippen LogP contribution in [-0.2, 0) is 10.0 Å². The average molecular weight is 261 g/mol. The van der Waals surface area contributed by atoms with Crippen molar-refractivity contribution >= 4 is 15.7 Å². The maximum Gasteiger partial charge on any atom is 0.283 e. The Balaban J connectivity index is 2.24. The van der Waals surface area contributed by atoms with Crippen molar-refractivity contribution in [2.75, 3.05) is 0 Å². The van der Waals surface area contributed by atoms with E-state index in [4.69, 9.17) is 0 Å². The highest BCUT2D eigenvalue weighted by Crippen LogP contribution is 2.28. The van der Waals surface area contributed by atoms with Gasteiger partial charge in [-0.05, 0) is 30.3 Å². The van der Waals surface area contributed by atoms with Gasteiger partial charge in [0.25, 0.3) is 10.0 Å². The fourth-order valence-electron chi connectivity index (χ4n) is 1.92. The molecule has 0 unspecified atom stereocenters. The van der Waals surface area contributed by atoms with Gasteiger partial charge in [-0.1, -0.05) is 18.2 Å². The second-order valence-electron chi connectivity index (χ2n) is 3.92. The molecule has 1 aliphatic heterocycles. The molecular formula is C13H8FNO2S. The number of sulfonamides is 1. The molecule has 5 heteroatoms. The Bertz CT molecular complexity index is 749. The van der Waals surface area contributed by atoms with Gasteiger partial charge in [-0.15, -0.1) is 0 Å². The van der Waals surface area contributed by atoms with E-state index in [-0.39, 0.29) is 10.7 Å². The zero-order chi connectivity index (χ0) is 12.8. The van der Waals surface area contributed by atoms with E-state index in [1.165, 1.54) is 30.3 Å². The van der Waals surface area contributed by atoms with E-state index in [9.17, 15) is 12.8 Å². The molecule has 3 rings (SSSR count). The number of rotatable bonds is 1.